The van der Waals surface area contributed by atoms with E-state index in [2.05, 4.69) is 20.3 Å². The lowest BCUT2D eigenvalue weighted by Gasteiger charge is -2.37. The molecule has 6 rings (SSSR count). The van der Waals surface area contributed by atoms with E-state index < -0.39 is 53.6 Å². The van der Waals surface area contributed by atoms with Gasteiger partial charge in [0.15, 0.2) is 29.6 Å². The number of aromatic amines is 1. The van der Waals surface area contributed by atoms with Gasteiger partial charge in [0.05, 0.1) is 27.2 Å². The second-order valence-electron chi connectivity index (χ2n) is 12.9. The molecule has 1 fully saturated rings. The summed E-state index contributed by atoms with van der Waals surface area (Å²) in [4.78, 5) is 61.9. The topological polar surface area (TPSA) is 182 Å². The van der Waals surface area contributed by atoms with Crippen LogP contribution in [0.25, 0.3) is 11.2 Å². The highest BCUT2D eigenvalue weighted by atomic mass is 16.7. The van der Waals surface area contributed by atoms with Gasteiger partial charge in [-0.15, -0.1) is 0 Å². The number of fused-ring (bicyclic) bond motifs is 1. The van der Waals surface area contributed by atoms with E-state index in [0.29, 0.717) is 11.5 Å². The molecule has 15 heteroatoms. The van der Waals surface area contributed by atoms with Gasteiger partial charge < -0.3 is 28.4 Å². The summed E-state index contributed by atoms with van der Waals surface area (Å²) >= 11 is 0. The number of hydrogen-bond acceptors (Lipinski definition) is 12. The third-order valence-corrected chi connectivity index (χ3v) is 9.00. The monoisotopic (exact) mass is 739 g/mol. The van der Waals surface area contributed by atoms with Crippen LogP contribution in [-0.4, -0.2) is 76.5 Å². The molecular formula is C39H41N5O10. The molecule has 2 aromatic heterocycles. The van der Waals surface area contributed by atoms with Gasteiger partial charge in [0.2, 0.25) is 11.9 Å². The number of nitrogens with zero attached hydrogens (tertiary/aromatic N) is 3. The molecule has 4 atom stereocenters. The Hall–Kier alpha value is -6.06. The number of hydrogen-bond donors (Lipinski definition) is 2. The van der Waals surface area contributed by atoms with Crippen molar-refractivity contribution in [2.75, 3.05) is 26.1 Å². The number of imidazole rings is 1. The van der Waals surface area contributed by atoms with Gasteiger partial charge in [-0.3, -0.25) is 34.0 Å². The lowest BCUT2D eigenvalue weighted by atomic mass is 9.80. The van der Waals surface area contributed by atoms with Gasteiger partial charge in [0.1, 0.15) is 23.2 Å². The number of carbonyl (C=O) groups excluding carboxylic acids is 3. The van der Waals surface area contributed by atoms with Gasteiger partial charge in [-0.1, -0.05) is 68.4 Å². The average molecular weight is 740 g/mol. The second kappa shape index (κ2) is 15.9. The summed E-state index contributed by atoms with van der Waals surface area (Å²) in [6.07, 6.45) is -3.36. The van der Waals surface area contributed by atoms with Crippen molar-refractivity contribution in [3.05, 3.63) is 112 Å². The average Bonchev–Trinajstić information content (AvgIpc) is 3.73. The van der Waals surface area contributed by atoms with Gasteiger partial charge >= 0.3 is 11.9 Å². The van der Waals surface area contributed by atoms with E-state index in [-0.39, 0.29) is 29.6 Å². The molecule has 0 bridgehead atoms. The fourth-order valence-corrected chi connectivity index (χ4v) is 6.43. The number of aromatic nitrogens is 4. The number of esters is 2. The van der Waals surface area contributed by atoms with Crippen molar-refractivity contribution >= 4 is 35.0 Å². The minimum absolute atomic E-state index is 0.0261. The van der Waals surface area contributed by atoms with Crippen molar-refractivity contribution < 1.29 is 42.8 Å². The largest absolute Gasteiger partial charge is 0.497 e. The van der Waals surface area contributed by atoms with Crippen LogP contribution in [0, 0.1) is 5.92 Å². The molecule has 5 aromatic rings. The Bertz CT molecular complexity index is 2120. The minimum Gasteiger partial charge on any atom is -0.497 e. The van der Waals surface area contributed by atoms with Crippen LogP contribution in [0.1, 0.15) is 50.6 Å². The van der Waals surface area contributed by atoms with E-state index in [1.165, 1.54) is 24.7 Å². The Morgan fingerprint density at radius 2 is 1.41 bits per heavy atom. The molecule has 3 heterocycles. The van der Waals surface area contributed by atoms with Crippen molar-refractivity contribution in [3.8, 4) is 11.5 Å². The summed E-state index contributed by atoms with van der Waals surface area (Å²) in [5, 5.41) is 2.59. The zero-order valence-electron chi connectivity index (χ0n) is 30.6. The highest BCUT2D eigenvalue weighted by Gasteiger charge is 2.52. The van der Waals surface area contributed by atoms with Crippen LogP contribution in [0.15, 0.2) is 90.0 Å². The van der Waals surface area contributed by atoms with Crippen molar-refractivity contribution in [1.82, 2.24) is 19.5 Å². The molecule has 1 aliphatic heterocycles. The molecule has 0 saturated carbocycles. The molecular weight excluding hydrogens is 698 g/mol. The Labute approximate surface area is 310 Å². The smallest absolute Gasteiger partial charge is 0.303 e. The van der Waals surface area contributed by atoms with E-state index in [9.17, 15) is 19.2 Å². The lowest BCUT2D eigenvalue weighted by Crippen LogP contribution is -2.42. The standard InChI is InChI=1S/C39H41N5O10/c1-22(2)35(47)42-38-41-34-31(36(48)43-38)40-21-44(34)37-33(53-24(4)46)32(52-23(3)45)30(54-37)20-51-39(25-10-8-7-9-11-25,26-12-16-28(49-5)17-13-26)27-14-18-29(50-6)19-15-27/h7-19,21-22,30,32-33,37H,20H2,1-6H3,(H2,41,42,43,47,48)/t30-,32-,33-,37-/m1/s1. The van der Waals surface area contributed by atoms with E-state index >= 15 is 0 Å². The van der Waals surface area contributed by atoms with Gasteiger partial charge in [0.25, 0.3) is 5.56 Å². The van der Waals surface area contributed by atoms with Crippen LogP contribution < -0.4 is 20.3 Å². The third-order valence-electron chi connectivity index (χ3n) is 9.00. The van der Waals surface area contributed by atoms with E-state index in [4.69, 9.17) is 28.4 Å². The SMILES string of the molecule is COc1ccc(C(OC[C@H]2O[C@@H](n3cnc4c(=O)[nH]c(NC(=O)C(C)C)nc43)[C@H](OC(C)=O)[C@@H]2OC(C)=O)(c2ccccc2)c2ccc(OC)cc2)cc1. The highest BCUT2D eigenvalue weighted by molar-refractivity contribution is 5.91. The number of methoxy groups -OCH3 is 2. The third kappa shape index (κ3) is 7.54. The summed E-state index contributed by atoms with van der Waals surface area (Å²) in [5.74, 6) is -0.935. The maximum absolute atomic E-state index is 13.1. The van der Waals surface area contributed by atoms with E-state index in [1.807, 2.05) is 78.9 Å². The predicted molar refractivity (Wildman–Crippen MR) is 195 cm³/mol. The molecule has 3 aromatic carbocycles. The van der Waals surface area contributed by atoms with Crippen molar-refractivity contribution in [3.63, 3.8) is 0 Å². The van der Waals surface area contributed by atoms with Crippen LogP contribution in [0.3, 0.4) is 0 Å². The molecule has 282 valence electrons. The molecule has 1 saturated heterocycles. The lowest BCUT2D eigenvalue weighted by molar-refractivity contribution is -0.166. The number of ether oxygens (including phenoxy) is 6. The molecule has 1 amide bonds. The van der Waals surface area contributed by atoms with E-state index in [1.54, 1.807) is 28.1 Å². The van der Waals surface area contributed by atoms with Crippen molar-refractivity contribution in [2.24, 2.45) is 5.92 Å². The summed E-state index contributed by atoms with van der Waals surface area (Å²) in [7, 11) is 3.17. The number of rotatable bonds is 13. The van der Waals surface area contributed by atoms with Crippen molar-refractivity contribution in [1.29, 1.82) is 0 Å². The minimum atomic E-state index is -1.26. The predicted octanol–water partition coefficient (Wildman–Crippen LogP) is 4.50. The van der Waals surface area contributed by atoms with Crippen LogP contribution in [0.2, 0.25) is 0 Å². The zero-order chi connectivity index (χ0) is 38.6. The van der Waals surface area contributed by atoms with Crippen LogP contribution in [-0.2, 0) is 38.9 Å². The van der Waals surface area contributed by atoms with Gasteiger partial charge in [-0.2, -0.15) is 4.98 Å². The summed E-state index contributed by atoms with van der Waals surface area (Å²) in [6, 6.07) is 24.5. The Kier molecular flexibility index (Phi) is 11.1. The molecule has 15 nitrogen and oxygen atoms in total. The number of anilines is 1. The number of benzene rings is 3. The quantitative estimate of drug-likeness (QED) is 0.128. The fourth-order valence-electron chi connectivity index (χ4n) is 6.43. The molecule has 0 spiro atoms. The van der Waals surface area contributed by atoms with Crippen LogP contribution >= 0.6 is 0 Å². The Morgan fingerprint density at radius 1 is 0.852 bits per heavy atom. The number of H-pyrrole nitrogens is 1. The van der Waals surface area contributed by atoms with Crippen LogP contribution in [0.4, 0.5) is 5.95 Å². The summed E-state index contributed by atoms with van der Waals surface area (Å²) in [6.45, 7) is 5.64. The van der Waals surface area contributed by atoms with Gasteiger partial charge in [-0.25, -0.2) is 4.98 Å². The summed E-state index contributed by atoms with van der Waals surface area (Å²) in [5.41, 5.74) is 0.341. The molecule has 0 aliphatic carbocycles. The maximum atomic E-state index is 13.1. The highest BCUT2D eigenvalue weighted by Crippen LogP contribution is 2.43. The maximum Gasteiger partial charge on any atom is 0.303 e. The molecule has 0 radical (unpaired) electrons. The van der Waals surface area contributed by atoms with Crippen molar-refractivity contribution in [2.45, 2.75) is 57.8 Å². The second-order valence-corrected chi connectivity index (χ2v) is 12.9. The molecule has 1 aliphatic rings. The summed E-state index contributed by atoms with van der Waals surface area (Å²) < 4.78 is 37.5. The zero-order valence-corrected chi connectivity index (χ0v) is 30.6. The first-order valence-corrected chi connectivity index (χ1v) is 17.2. The molecule has 54 heavy (non-hydrogen) atoms. The van der Waals surface area contributed by atoms with E-state index in [0.717, 1.165) is 16.7 Å². The number of amides is 1. The van der Waals surface area contributed by atoms with Crippen LogP contribution in [0.5, 0.6) is 11.5 Å². The molecule has 0 unspecified atom stereocenters. The first-order valence-electron chi connectivity index (χ1n) is 17.2. The first-order chi connectivity index (χ1) is 25.9. The number of nitrogens with one attached hydrogen (secondary N) is 2. The Balaban J connectivity index is 1.46. The normalized spacial score (nSPS) is 18.4. The van der Waals surface area contributed by atoms with Gasteiger partial charge in [-0.05, 0) is 41.0 Å². The van der Waals surface area contributed by atoms with Gasteiger partial charge in [0, 0.05) is 19.8 Å². The molecule has 2 N–H and O–H groups in total. The fraction of sp³-hybridized carbons (Fsp3) is 0.333. The Morgan fingerprint density at radius 3 is 1.94 bits per heavy atom. The number of carbonyl (C=O) groups is 3. The first kappa shape index (κ1) is 37.7.